The second-order valence-corrected chi connectivity index (χ2v) is 10.5. The maximum absolute atomic E-state index is 6.67. The summed E-state index contributed by atoms with van der Waals surface area (Å²) in [5.41, 5.74) is 10.9. The minimum atomic E-state index is -0.244. The normalized spacial score (nSPS) is 20.1. The third kappa shape index (κ3) is 2.40. The highest BCUT2D eigenvalue weighted by atomic mass is 35.5. The van der Waals surface area contributed by atoms with Crippen molar-refractivity contribution in [2.24, 2.45) is 5.92 Å². The molecule has 3 aliphatic carbocycles. The molecule has 0 amide bonds. The standard InChI is InChI=1S/C35H23Cl/c36-33-21-20-23(22-10-1-2-14-27(22)33)28-15-9-16-29-26-13-5-8-19-32(26)35(34(28)29)30-17-6-3-11-24(30)25-12-4-7-18-31(25)35/h1-21,29,34H. The molecule has 0 fully saturated rings. The molecule has 0 bridgehead atoms. The molecule has 2 unspecified atom stereocenters. The molecule has 0 saturated heterocycles. The van der Waals surface area contributed by atoms with Gasteiger partial charge in [-0.25, -0.2) is 0 Å². The van der Waals surface area contributed by atoms with Gasteiger partial charge in [-0.15, -0.1) is 0 Å². The molecular formula is C35H23Cl. The van der Waals surface area contributed by atoms with Gasteiger partial charge in [0.1, 0.15) is 0 Å². The third-order valence-corrected chi connectivity index (χ3v) is 9.01. The fourth-order valence-electron chi connectivity index (χ4n) is 7.45. The zero-order chi connectivity index (χ0) is 23.9. The van der Waals surface area contributed by atoms with E-state index in [1.54, 1.807) is 0 Å². The van der Waals surface area contributed by atoms with Crippen LogP contribution in [-0.2, 0) is 5.41 Å². The van der Waals surface area contributed by atoms with Gasteiger partial charge in [-0.1, -0.05) is 133 Å². The van der Waals surface area contributed by atoms with Gasteiger partial charge in [-0.2, -0.15) is 0 Å². The molecule has 2 atom stereocenters. The second kappa shape index (κ2) is 7.32. The lowest BCUT2D eigenvalue weighted by Gasteiger charge is -2.40. The minimum Gasteiger partial charge on any atom is -0.0837 e. The Balaban J connectivity index is 1.50. The largest absolute Gasteiger partial charge is 0.0837 e. The van der Waals surface area contributed by atoms with Crippen molar-refractivity contribution in [2.45, 2.75) is 11.3 Å². The van der Waals surface area contributed by atoms with Gasteiger partial charge < -0.3 is 0 Å². The molecule has 5 aromatic carbocycles. The number of hydrogen-bond donors (Lipinski definition) is 0. The Hall–Kier alpha value is -3.87. The average molecular weight is 479 g/mol. The molecular weight excluding hydrogens is 456 g/mol. The van der Waals surface area contributed by atoms with E-state index in [0.29, 0.717) is 5.92 Å². The van der Waals surface area contributed by atoms with Crippen LogP contribution in [0.4, 0.5) is 0 Å². The number of fused-ring (bicyclic) bond motifs is 11. The van der Waals surface area contributed by atoms with Gasteiger partial charge >= 0.3 is 0 Å². The molecule has 0 heterocycles. The van der Waals surface area contributed by atoms with Crippen molar-refractivity contribution in [2.75, 3.05) is 0 Å². The first-order valence-electron chi connectivity index (χ1n) is 12.6. The van der Waals surface area contributed by atoms with Crippen molar-refractivity contribution in [3.63, 3.8) is 0 Å². The van der Waals surface area contributed by atoms with Crippen LogP contribution in [0.3, 0.4) is 0 Å². The van der Waals surface area contributed by atoms with E-state index in [2.05, 4.69) is 127 Å². The summed E-state index contributed by atoms with van der Waals surface area (Å²) in [5, 5.41) is 3.13. The number of rotatable bonds is 1. The number of allylic oxidation sites excluding steroid dienone is 4. The molecule has 0 saturated carbocycles. The second-order valence-electron chi connectivity index (χ2n) is 10.1. The molecule has 0 nitrogen and oxygen atoms in total. The molecule has 170 valence electrons. The minimum absolute atomic E-state index is 0.244. The zero-order valence-corrected chi connectivity index (χ0v) is 20.4. The molecule has 1 heteroatoms. The van der Waals surface area contributed by atoms with Crippen LogP contribution >= 0.6 is 11.6 Å². The van der Waals surface area contributed by atoms with Crippen molar-refractivity contribution in [1.82, 2.24) is 0 Å². The third-order valence-electron chi connectivity index (χ3n) is 8.68. The van der Waals surface area contributed by atoms with Gasteiger partial charge in [0.2, 0.25) is 0 Å². The Morgan fingerprint density at radius 2 is 1.17 bits per heavy atom. The lowest BCUT2D eigenvalue weighted by molar-refractivity contribution is 0.480. The Morgan fingerprint density at radius 3 is 1.92 bits per heavy atom. The van der Waals surface area contributed by atoms with E-state index < -0.39 is 0 Å². The lowest BCUT2D eigenvalue weighted by Crippen LogP contribution is -2.35. The molecule has 3 aliphatic rings. The predicted octanol–water partition coefficient (Wildman–Crippen LogP) is 9.17. The molecule has 0 N–H and O–H groups in total. The molecule has 0 aliphatic heterocycles. The van der Waals surface area contributed by atoms with E-state index in [4.69, 9.17) is 11.6 Å². The zero-order valence-electron chi connectivity index (χ0n) is 19.7. The van der Waals surface area contributed by atoms with Gasteiger partial charge in [0.15, 0.2) is 0 Å². The van der Waals surface area contributed by atoms with E-state index >= 15 is 0 Å². The van der Waals surface area contributed by atoms with Crippen molar-refractivity contribution in [3.05, 3.63) is 160 Å². The lowest BCUT2D eigenvalue weighted by atomic mass is 9.61. The fraction of sp³-hybridized carbons (Fsp3) is 0.0857. The Morgan fingerprint density at radius 1 is 0.556 bits per heavy atom. The smallest absolute Gasteiger partial charge is 0.0543 e. The van der Waals surface area contributed by atoms with E-state index in [-0.39, 0.29) is 11.3 Å². The topological polar surface area (TPSA) is 0 Å². The number of halogens is 1. The summed E-state index contributed by atoms with van der Waals surface area (Å²) in [6.07, 6.45) is 7.04. The Labute approximate surface area is 216 Å². The quantitative estimate of drug-likeness (QED) is 0.225. The summed E-state index contributed by atoms with van der Waals surface area (Å²) in [4.78, 5) is 0. The van der Waals surface area contributed by atoms with Crippen molar-refractivity contribution in [3.8, 4) is 11.1 Å². The van der Waals surface area contributed by atoms with Crippen molar-refractivity contribution >= 4 is 27.9 Å². The van der Waals surface area contributed by atoms with E-state index in [1.807, 2.05) is 0 Å². The summed E-state index contributed by atoms with van der Waals surface area (Å²) >= 11 is 6.67. The van der Waals surface area contributed by atoms with Crippen LogP contribution in [0, 0.1) is 5.92 Å². The maximum atomic E-state index is 6.67. The van der Waals surface area contributed by atoms with Crippen molar-refractivity contribution < 1.29 is 0 Å². The molecule has 1 spiro atoms. The number of hydrogen-bond acceptors (Lipinski definition) is 0. The summed E-state index contributed by atoms with van der Waals surface area (Å²) in [6, 6.07) is 40.1. The summed E-state index contributed by atoms with van der Waals surface area (Å²) in [7, 11) is 0. The monoisotopic (exact) mass is 478 g/mol. The molecule has 0 radical (unpaired) electrons. The summed E-state index contributed by atoms with van der Waals surface area (Å²) in [6.45, 7) is 0. The maximum Gasteiger partial charge on any atom is 0.0543 e. The molecule has 5 aromatic rings. The first kappa shape index (κ1) is 20.3. The van der Waals surface area contributed by atoms with Crippen LogP contribution in [0.25, 0.3) is 27.5 Å². The SMILES string of the molecule is Clc1ccc(C2=CC=CC3c4ccccc4C4(c5ccccc5-c5ccccc54)C23)c2ccccc12. The first-order chi connectivity index (χ1) is 17.8. The Bertz CT molecular complexity index is 1720. The van der Waals surface area contributed by atoms with Crippen LogP contribution in [0.15, 0.2) is 127 Å². The average Bonchev–Trinajstić information content (AvgIpc) is 3.41. The predicted molar refractivity (Wildman–Crippen MR) is 151 cm³/mol. The highest BCUT2D eigenvalue weighted by molar-refractivity contribution is 6.35. The molecule has 8 rings (SSSR count). The molecule has 0 aromatic heterocycles. The fourth-order valence-corrected chi connectivity index (χ4v) is 7.68. The van der Waals surface area contributed by atoms with Crippen LogP contribution in [0.2, 0.25) is 5.02 Å². The highest BCUT2D eigenvalue weighted by Gasteiger charge is 2.58. The van der Waals surface area contributed by atoms with Gasteiger partial charge in [0, 0.05) is 22.2 Å². The van der Waals surface area contributed by atoms with Crippen LogP contribution < -0.4 is 0 Å². The number of benzene rings is 5. The van der Waals surface area contributed by atoms with Gasteiger partial charge in [-0.3, -0.25) is 0 Å². The first-order valence-corrected chi connectivity index (χ1v) is 13.0. The van der Waals surface area contributed by atoms with Gasteiger partial charge in [0.25, 0.3) is 0 Å². The van der Waals surface area contributed by atoms with Crippen LogP contribution in [-0.4, -0.2) is 0 Å². The van der Waals surface area contributed by atoms with E-state index in [9.17, 15) is 0 Å². The summed E-state index contributed by atoms with van der Waals surface area (Å²) in [5.74, 6) is 0.545. The van der Waals surface area contributed by atoms with Gasteiger partial charge in [-0.05, 0) is 56.0 Å². The van der Waals surface area contributed by atoms with Crippen molar-refractivity contribution in [1.29, 1.82) is 0 Å². The van der Waals surface area contributed by atoms with Gasteiger partial charge in [0.05, 0.1) is 5.41 Å². The Kier molecular flexibility index (Phi) is 4.14. The van der Waals surface area contributed by atoms with Crippen LogP contribution in [0.1, 0.15) is 33.7 Å². The van der Waals surface area contributed by atoms with Crippen LogP contribution in [0.5, 0.6) is 0 Å². The van der Waals surface area contributed by atoms with E-state index in [1.165, 1.54) is 49.9 Å². The summed E-state index contributed by atoms with van der Waals surface area (Å²) < 4.78 is 0. The molecule has 36 heavy (non-hydrogen) atoms. The van der Waals surface area contributed by atoms with E-state index in [0.717, 1.165) is 10.4 Å². The highest BCUT2D eigenvalue weighted by Crippen LogP contribution is 2.67.